The molecule has 0 amide bonds. The molecule has 56 valence electrons. The van der Waals surface area contributed by atoms with Crippen molar-refractivity contribution in [1.29, 1.82) is 0 Å². The van der Waals surface area contributed by atoms with Crippen molar-refractivity contribution < 1.29 is 0 Å². The minimum atomic E-state index is 0.613. The maximum atomic E-state index is 2.30. The fourth-order valence-corrected chi connectivity index (χ4v) is 3.40. The van der Waals surface area contributed by atoms with E-state index in [1.54, 1.807) is 4.26 Å². The molecule has 1 aromatic carbocycles. The van der Waals surface area contributed by atoms with E-state index in [1.807, 2.05) is 0 Å². The summed E-state index contributed by atoms with van der Waals surface area (Å²) in [5.74, 6) is 0. The molecule has 1 heterocycles. The zero-order chi connectivity index (χ0) is 7.68. The Labute approximate surface area is 72.6 Å². The van der Waals surface area contributed by atoms with Crippen molar-refractivity contribution in [3.63, 3.8) is 0 Å². The third-order valence-corrected chi connectivity index (χ3v) is 4.05. The SMILES string of the molecule is CCc1cccc2cc[se]c12. The quantitative estimate of drug-likeness (QED) is 0.633. The predicted molar refractivity (Wildman–Crippen MR) is 50.3 cm³/mol. The van der Waals surface area contributed by atoms with E-state index >= 15 is 0 Å². The molecule has 1 aromatic heterocycles. The molecule has 0 aliphatic carbocycles. The van der Waals surface area contributed by atoms with Crippen LogP contribution in [0.5, 0.6) is 0 Å². The second-order valence-corrected chi connectivity index (χ2v) is 4.53. The van der Waals surface area contributed by atoms with Crippen LogP contribution in [0.3, 0.4) is 0 Å². The van der Waals surface area contributed by atoms with E-state index < -0.39 is 0 Å². The summed E-state index contributed by atoms with van der Waals surface area (Å²) in [6.45, 7) is 2.23. The molecule has 2 rings (SSSR count). The summed E-state index contributed by atoms with van der Waals surface area (Å²) in [7, 11) is 0. The van der Waals surface area contributed by atoms with Crippen molar-refractivity contribution >= 4 is 24.1 Å². The van der Waals surface area contributed by atoms with Gasteiger partial charge in [-0.2, -0.15) is 0 Å². The van der Waals surface area contributed by atoms with Gasteiger partial charge in [-0.05, 0) is 0 Å². The molecule has 0 radical (unpaired) electrons. The van der Waals surface area contributed by atoms with Gasteiger partial charge in [-0.3, -0.25) is 0 Å². The van der Waals surface area contributed by atoms with Gasteiger partial charge >= 0.3 is 72.3 Å². The van der Waals surface area contributed by atoms with Crippen molar-refractivity contribution in [3.8, 4) is 0 Å². The summed E-state index contributed by atoms with van der Waals surface area (Å²) in [4.78, 5) is 2.30. The van der Waals surface area contributed by atoms with Gasteiger partial charge in [-0.25, -0.2) is 0 Å². The molecule has 0 nitrogen and oxygen atoms in total. The van der Waals surface area contributed by atoms with Crippen molar-refractivity contribution in [1.82, 2.24) is 0 Å². The van der Waals surface area contributed by atoms with Crippen molar-refractivity contribution in [3.05, 3.63) is 34.8 Å². The average Bonchev–Trinajstić information content (AvgIpc) is 2.50. The number of rotatable bonds is 1. The fourth-order valence-electron chi connectivity index (χ4n) is 1.33. The van der Waals surface area contributed by atoms with Gasteiger partial charge < -0.3 is 0 Å². The van der Waals surface area contributed by atoms with Crippen LogP contribution in [0, 0.1) is 0 Å². The van der Waals surface area contributed by atoms with Crippen LogP contribution < -0.4 is 0 Å². The Balaban J connectivity index is 2.79. The van der Waals surface area contributed by atoms with Crippen LogP contribution in [0.4, 0.5) is 0 Å². The Bertz CT molecular complexity index is 360. The molecular formula is C10H10Se. The molecule has 0 aliphatic heterocycles. The molecule has 1 heteroatoms. The third kappa shape index (κ3) is 1.15. The van der Waals surface area contributed by atoms with Gasteiger partial charge in [0.1, 0.15) is 0 Å². The molecule has 2 aromatic rings. The van der Waals surface area contributed by atoms with Gasteiger partial charge in [0.2, 0.25) is 0 Å². The Kier molecular flexibility index (Phi) is 1.85. The summed E-state index contributed by atoms with van der Waals surface area (Å²) in [5.41, 5.74) is 1.53. The summed E-state index contributed by atoms with van der Waals surface area (Å²) >= 11 is 0.613. The van der Waals surface area contributed by atoms with Crippen LogP contribution in [0.15, 0.2) is 29.2 Å². The predicted octanol–water partition coefficient (Wildman–Crippen LogP) is 2.46. The molecule has 0 unspecified atom stereocenters. The van der Waals surface area contributed by atoms with Gasteiger partial charge in [-0.15, -0.1) is 0 Å². The van der Waals surface area contributed by atoms with E-state index in [-0.39, 0.29) is 0 Å². The molecule has 0 saturated carbocycles. The third-order valence-electron chi connectivity index (χ3n) is 1.94. The van der Waals surface area contributed by atoms with E-state index in [4.69, 9.17) is 0 Å². The first-order chi connectivity index (χ1) is 5.42. The first-order valence-electron chi connectivity index (χ1n) is 3.87. The molecule has 0 bridgehead atoms. The van der Waals surface area contributed by atoms with Gasteiger partial charge in [0.15, 0.2) is 0 Å². The number of hydrogen-bond donors (Lipinski definition) is 0. The fraction of sp³-hybridized carbons (Fsp3) is 0.200. The molecular weight excluding hydrogens is 199 g/mol. The van der Waals surface area contributed by atoms with E-state index in [0.29, 0.717) is 14.5 Å². The van der Waals surface area contributed by atoms with E-state index in [1.165, 1.54) is 17.4 Å². The summed E-state index contributed by atoms with van der Waals surface area (Å²) in [6.07, 6.45) is 1.17. The number of fused-ring (bicyclic) bond motifs is 1. The second-order valence-electron chi connectivity index (χ2n) is 2.61. The van der Waals surface area contributed by atoms with Gasteiger partial charge in [-0.1, -0.05) is 0 Å². The first kappa shape index (κ1) is 7.15. The summed E-state index contributed by atoms with van der Waals surface area (Å²) < 4.78 is 1.60. The summed E-state index contributed by atoms with van der Waals surface area (Å²) in [6, 6.07) is 8.85. The van der Waals surface area contributed by atoms with Crippen LogP contribution in [0.2, 0.25) is 0 Å². The van der Waals surface area contributed by atoms with E-state index in [2.05, 4.69) is 36.1 Å². The second kappa shape index (κ2) is 2.84. The molecule has 0 N–H and O–H groups in total. The molecule has 11 heavy (non-hydrogen) atoms. The molecule has 0 saturated heterocycles. The van der Waals surface area contributed by atoms with Crippen molar-refractivity contribution in [2.45, 2.75) is 13.3 Å². The zero-order valence-corrected chi connectivity index (χ0v) is 8.22. The minimum absolute atomic E-state index is 0.613. The van der Waals surface area contributed by atoms with Gasteiger partial charge in [0.05, 0.1) is 0 Å². The van der Waals surface area contributed by atoms with E-state index in [0.717, 1.165) is 0 Å². The number of hydrogen-bond acceptors (Lipinski definition) is 0. The maximum absolute atomic E-state index is 2.30. The number of aryl methyl sites for hydroxylation is 1. The van der Waals surface area contributed by atoms with Crippen LogP contribution in [-0.2, 0) is 6.42 Å². The Morgan fingerprint density at radius 2 is 2.18 bits per heavy atom. The normalized spacial score (nSPS) is 10.6. The van der Waals surface area contributed by atoms with Gasteiger partial charge in [0.25, 0.3) is 0 Å². The van der Waals surface area contributed by atoms with E-state index in [9.17, 15) is 0 Å². The zero-order valence-electron chi connectivity index (χ0n) is 6.50. The van der Waals surface area contributed by atoms with Crippen molar-refractivity contribution in [2.75, 3.05) is 0 Å². The van der Waals surface area contributed by atoms with Crippen molar-refractivity contribution in [2.24, 2.45) is 0 Å². The van der Waals surface area contributed by atoms with Crippen LogP contribution in [0.1, 0.15) is 12.5 Å². The van der Waals surface area contributed by atoms with Crippen LogP contribution in [0.25, 0.3) is 9.65 Å². The van der Waals surface area contributed by atoms with Gasteiger partial charge in [0, 0.05) is 0 Å². The Morgan fingerprint density at radius 1 is 1.27 bits per heavy atom. The summed E-state index contributed by atoms with van der Waals surface area (Å²) in [5, 5.41) is 1.45. The van der Waals surface area contributed by atoms with Crippen LogP contribution in [-0.4, -0.2) is 14.5 Å². The number of benzene rings is 1. The molecule has 0 spiro atoms. The first-order valence-corrected chi connectivity index (χ1v) is 5.71. The molecule has 0 fully saturated rings. The Morgan fingerprint density at radius 3 is 3.00 bits per heavy atom. The molecule has 0 aliphatic rings. The van der Waals surface area contributed by atoms with Crippen LogP contribution >= 0.6 is 0 Å². The standard InChI is InChI=1S/C10H10Se/c1-2-8-4-3-5-9-6-7-11-10(8)9/h3-7H,2H2,1H3. The molecule has 0 atom stereocenters. The average molecular weight is 209 g/mol. The monoisotopic (exact) mass is 210 g/mol. The Hall–Kier alpha value is -0.521. The topological polar surface area (TPSA) is 0 Å².